The van der Waals surface area contributed by atoms with Crippen LogP contribution in [-0.4, -0.2) is 23.4 Å². The number of carbonyl (C=O) groups excluding carboxylic acids is 1. The molecule has 2 aromatic rings. The first kappa shape index (κ1) is 21.4. The molecule has 0 N–H and O–H groups in total. The topological polar surface area (TPSA) is 38.8 Å². The average Bonchev–Trinajstić information content (AvgIpc) is 2.96. The van der Waals surface area contributed by atoms with Crippen molar-refractivity contribution in [2.45, 2.75) is 40.2 Å². The first-order chi connectivity index (χ1) is 13.8. The number of amides is 1. The highest BCUT2D eigenvalue weighted by molar-refractivity contribution is 8.27. The van der Waals surface area contributed by atoms with Gasteiger partial charge < -0.3 is 9.47 Å². The van der Waals surface area contributed by atoms with Crippen molar-refractivity contribution in [1.82, 2.24) is 0 Å². The molecular weight excluding hydrogens is 402 g/mol. The Morgan fingerprint density at radius 3 is 2.59 bits per heavy atom. The maximum absolute atomic E-state index is 13.1. The van der Waals surface area contributed by atoms with E-state index in [0.717, 1.165) is 28.8 Å². The number of rotatable bonds is 6. The number of anilines is 1. The van der Waals surface area contributed by atoms with Crippen LogP contribution in [0.1, 0.15) is 37.0 Å². The van der Waals surface area contributed by atoms with Crippen LogP contribution in [0.4, 0.5) is 5.69 Å². The summed E-state index contributed by atoms with van der Waals surface area (Å²) >= 11 is 6.81. The number of thiocarbonyl (C=S) groups is 1. The highest BCUT2D eigenvalue weighted by Crippen LogP contribution is 2.38. The summed E-state index contributed by atoms with van der Waals surface area (Å²) < 4.78 is 11.9. The molecule has 1 aliphatic rings. The van der Waals surface area contributed by atoms with Gasteiger partial charge in [-0.15, -0.1) is 0 Å². The van der Waals surface area contributed by atoms with Gasteiger partial charge in [0, 0.05) is 0 Å². The zero-order valence-corrected chi connectivity index (χ0v) is 18.9. The number of ether oxygens (including phenoxy) is 2. The lowest BCUT2D eigenvalue weighted by Crippen LogP contribution is -2.28. The standard InChI is InChI=1S/C23H25NO3S2/c1-6-16(4)27-19-10-8-17(12-20(19)26-5)13-21-22(25)24(23(28)29-21)18-9-7-14(2)11-15(18)3/h7-13,16H,6H2,1-5H3/b21-13+/t16-/m0/s1. The van der Waals surface area contributed by atoms with E-state index >= 15 is 0 Å². The second-order valence-electron chi connectivity index (χ2n) is 7.05. The van der Waals surface area contributed by atoms with E-state index < -0.39 is 0 Å². The molecule has 2 aromatic carbocycles. The van der Waals surface area contributed by atoms with Crippen LogP contribution in [0.5, 0.6) is 11.5 Å². The monoisotopic (exact) mass is 427 g/mol. The molecule has 152 valence electrons. The van der Waals surface area contributed by atoms with E-state index in [1.807, 2.05) is 57.2 Å². The highest BCUT2D eigenvalue weighted by Gasteiger charge is 2.34. The molecule has 0 unspecified atom stereocenters. The second kappa shape index (κ2) is 9.01. The minimum absolute atomic E-state index is 0.101. The number of benzene rings is 2. The Morgan fingerprint density at radius 1 is 1.17 bits per heavy atom. The van der Waals surface area contributed by atoms with Gasteiger partial charge in [-0.25, -0.2) is 0 Å². The van der Waals surface area contributed by atoms with Crippen molar-refractivity contribution < 1.29 is 14.3 Å². The van der Waals surface area contributed by atoms with Crippen molar-refractivity contribution in [1.29, 1.82) is 0 Å². The van der Waals surface area contributed by atoms with Gasteiger partial charge in [-0.1, -0.05) is 54.7 Å². The van der Waals surface area contributed by atoms with Crippen LogP contribution >= 0.6 is 24.0 Å². The molecule has 0 saturated carbocycles. The number of aryl methyl sites for hydroxylation is 2. The maximum atomic E-state index is 13.1. The SMILES string of the molecule is CC[C@H](C)Oc1ccc(/C=C2/SC(=S)N(c3ccc(C)cc3C)C2=O)cc1OC. The third-order valence-corrected chi connectivity index (χ3v) is 6.08. The summed E-state index contributed by atoms with van der Waals surface area (Å²) in [6.45, 7) is 8.11. The highest BCUT2D eigenvalue weighted by atomic mass is 32.2. The molecular formula is C23H25NO3S2. The lowest BCUT2D eigenvalue weighted by molar-refractivity contribution is -0.113. The van der Waals surface area contributed by atoms with Crippen LogP contribution in [0.2, 0.25) is 0 Å². The molecule has 1 heterocycles. The smallest absolute Gasteiger partial charge is 0.270 e. The molecule has 4 nitrogen and oxygen atoms in total. The Morgan fingerprint density at radius 2 is 1.93 bits per heavy atom. The molecule has 6 heteroatoms. The second-order valence-corrected chi connectivity index (χ2v) is 8.73. The number of thioether (sulfide) groups is 1. The zero-order chi connectivity index (χ0) is 21.1. The van der Waals surface area contributed by atoms with Gasteiger partial charge in [-0.05, 0) is 62.6 Å². The molecule has 3 rings (SSSR count). The third-order valence-electron chi connectivity index (χ3n) is 4.78. The van der Waals surface area contributed by atoms with Crippen molar-refractivity contribution in [2.75, 3.05) is 12.0 Å². The largest absolute Gasteiger partial charge is 0.493 e. The lowest BCUT2D eigenvalue weighted by atomic mass is 10.1. The van der Waals surface area contributed by atoms with Crippen LogP contribution < -0.4 is 14.4 Å². The summed E-state index contributed by atoms with van der Waals surface area (Å²) in [6, 6.07) is 11.7. The summed E-state index contributed by atoms with van der Waals surface area (Å²) in [5.74, 6) is 1.23. The van der Waals surface area contributed by atoms with Gasteiger partial charge >= 0.3 is 0 Å². The first-order valence-corrected chi connectivity index (χ1v) is 10.8. The lowest BCUT2D eigenvalue weighted by Gasteiger charge is -2.17. The molecule has 1 saturated heterocycles. The van der Waals surface area contributed by atoms with E-state index in [2.05, 4.69) is 13.0 Å². The summed E-state index contributed by atoms with van der Waals surface area (Å²) in [5, 5.41) is 0. The van der Waals surface area contributed by atoms with Gasteiger partial charge in [0.2, 0.25) is 0 Å². The predicted octanol–water partition coefficient (Wildman–Crippen LogP) is 5.90. The Kier molecular flexibility index (Phi) is 6.65. The molecule has 0 spiro atoms. The van der Waals surface area contributed by atoms with Crippen LogP contribution in [-0.2, 0) is 4.79 Å². The van der Waals surface area contributed by atoms with Gasteiger partial charge in [0.15, 0.2) is 15.8 Å². The Hall–Kier alpha value is -2.31. The van der Waals surface area contributed by atoms with E-state index in [1.54, 1.807) is 12.0 Å². The molecule has 1 aliphatic heterocycles. The average molecular weight is 428 g/mol. The Bertz CT molecular complexity index is 984. The minimum atomic E-state index is -0.106. The number of hydrogen-bond acceptors (Lipinski definition) is 5. The molecule has 0 aromatic heterocycles. The van der Waals surface area contributed by atoms with E-state index in [1.165, 1.54) is 11.8 Å². The summed E-state index contributed by atoms with van der Waals surface area (Å²) in [4.78, 5) is 15.3. The van der Waals surface area contributed by atoms with Crippen LogP contribution in [0.15, 0.2) is 41.3 Å². The predicted molar refractivity (Wildman–Crippen MR) is 125 cm³/mol. The molecule has 0 bridgehead atoms. The van der Waals surface area contributed by atoms with Gasteiger partial charge in [0.25, 0.3) is 5.91 Å². The molecule has 1 fully saturated rings. The maximum Gasteiger partial charge on any atom is 0.270 e. The van der Waals surface area contributed by atoms with Gasteiger partial charge in [-0.2, -0.15) is 0 Å². The molecule has 29 heavy (non-hydrogen) atoms. The van der Waals surface area contributed by atoms with Gasteiger partial charge in [-0.3, -0.25) is 9.69 Å². The number of hydrogen-bond donors (Lipinski definition) is 0. The van der Waals surface area contributed by atoms with E-state index in [9.17, 15) is 4.79 Å². The van der Waals surface area contributed by atoms with E-state index in [0.29, 0.717) is 20.7 Å². The number of methoxy groups -OCH3 is 1. The normalized spacial score (nSPS) is 16.4. The summed E-state index contributed by atoms with van der Waals surface area (Å²) in [5.41, 5.74) is 3.87. The fraction of sp³-hybridized carbons (Fsp3) is 0.304. The fourth-order valence-corrected chi connectivity index (χ4v) is 4.34. The van der Waals surface area contributed by atoms with Crippen LogP contribution in [0.25, 0.3) is 6.08 Å². The van der Waals surface area contributed by atoms with Crippen LogP contribution in [0.3, 0.4) is 0 Å². The van der Waals surface area contributed by atoms with E-state index in [4.69, 9.17) is 21.7 Å². The molecule has 1 atom stereocenters. The number of nitrogens with zero attached hydrogens (tertiary/aromatic N) is 1. The Labute approximate surface area is 181 Å². The quantitative estimate of drug-likeness (QED) is 0.424. The minimum Gasteiger partial charge on any atom is -0.493 e. The molecule has 0 aliphatic carbocycles. The summed E-state index contributed by atoms with van der Waals surface area (Å²) in [7, 11) is 1.61. The molecule has 0 radical (unpaired) electrons. The van der Waals surface area contributed by atoms with Gasteiger partial charge in [0.1, 0.15) is 0 Å². The van der Waals surface area contributed by atoms with Crippen molar-refractivity contribution in [2.24, 2.45) is 0 Å². The zero-order valence-electron chi connectivity index (χ0n) is 17.3. The van der Waals surface area contributed by atoms with Crippen LogP contribution in [0, 0.1) is 13.8 Å². The summed E-state index contributed by atoms with van der Waals surface area (Å²) in [6.07, 6.45) is 2.85. The fourth-order valence-electron chi connectivity index (χ4n) is 3.05. The number of carbonyl (C=O) groups is 1. The first-order valence-electron chi connectivity index (χ1n) is 9.54. The van der Waals surface area contributed by atoms with Gasteiger partial charge in [0.05, 0.1) is 23.8 Å². The van der Waals surface area contributed by atoms with Crippen molar-refractivity contribution in [3.05, 3.63) is 58.0 Å². The van der Waals surface area contributed by atoms with Crippen molar-refractivity contribution >= 4 is 46.0 Å². The van der Waals surface area contributed by atoms with Crippen molar-refractivity contribution in [3.8, 4) is 11.5 Å². The van der Waals surface area contributed by atoms with E-state index in [-0.39, 0.29) is 12.0 Å². The van der Waals surface area contributed by atoms with Crippen molar-refractivity contribution in [3.63, 3.8) is 0 Å². The third kappa shape index (κ3) is 4.65. The Balaban J connectivity index is 1.89. The molecule has 1 amide bonds.